The van der Waals surface area contributed by atoms with Crippen molar-refractivity contribution >= 4 is 29.0 Å². The second-order valence-corrected chi connectivity index (χ2v) is 5.68. The summed E-state index contributed by atoms with van der Waals surface area (Å²) >= 11 is 12.1. The minimum atomic E-state index is -0.915. The minimum absolute atomic E-state index is 0.200. The van der Waals surface area contributed by atoms with Gasteiger partial charge < -0.3 is 0 Å². The van der Waals surface area contributed by atoms with E-state index in [1.54, 1.807) is 24.3 Å². The maximum atomic E-state index is 12.6. The average molecular weight is 318 g/mol. The summed E-state index contributed by atoms with van der Waals surface area (Å²) in [7, 11) is 0. The van der Waals surface area contributed by atoms with E-state index in [1.165, 1.54) is 0 Å². The highest BCUT2D eigenvalue weighted by molar-refractivity contribution is 6.40. The van der Waals surface area contributed by atoms with Crippen LogP contribution in [0.15, 0.2) is 36.4 Å². The molecule has 2 nitrogen and oxygen atoms in total. The monoisotopic (exact) mass is 317 g/mol. The molecule has 0 spiro atoms. The first-order valence-corrected chi connectivity index (χ1v) is 7.16. The van der Waals surface area contributed by atoms with Crippen LogP contribution in [0.2, 0.25) is 10.0 Å². The third-order valence-corrected chi connectivity index (χ3v) is 4.09. The Hall–Kier alpha value is -1.82. The molecular formula is C17H13Cl2NO. The van der Waals surface area contributed by atoms with Gasteiger partial charge in [-0.15, -0.1) is 0 Å². The van der Waals surface area contributed by atoms with Crippen molar-refractivity contribution in [1.29, 1.82) is 5.26 Å². The summed E-state index contributed by atoms with van der Waals surface area (Å²) in [6.07, 6.45) is 0. The molecule has 0 fully saturated rings. The number of nitriles is 1. The van der Waals surface area contributed by atoms with Crippen LogP contribution in [0.25, 0.3) is 0 Å². The zero-order valence-electron chi connectivity index (χ0n) is 11.7. The molecule has 0 aliphatic rings. The number of rotatable bonds is 3. The fraction of sp³-hybridized carbons (Fsp3) is 0.176. The number of hydrogen-bond donors (Lipinski definition) is 0. The molecule has 21 heavy (non-hydrogen) atoms. The fourth-order valence-electron chi connectivity index (χ4n) is 2.11. The minimum Gasteiger partial charge on any atom is -0.292 e. The molecule has 0 bridgehead atoms. The first-order valence-electron chi connectivity index (χ1n) is 6.40. The van der Waals surface area contributed by atoms with Crippen LogP contribution < -0.4 is 0 Å². The Morgan fingerprint density at radius 1 is 1.10 bits per heavy atom. The molecule has 0 N–H and O–H groups in total. The van der Waals surface area contributed by atoms with Crippen molar-refractivity contribution < 1.29 is 4.79 Å². The molecule has 0 heterocycles. The number of Topliss-reactive ketones (excluding diaryl/α,β-unsaturated/α-hetero) is 1. The SMILES string of the molecule is Cc1ccc(C(C#N)C(=O)c2c(Cl)cccc2Cl)cc1C. The van der Waals surface area contributed by atoms with Crippen molar-refractivity contribution in [1.82, 2.24) is 0 Å². The van der Waals surface area contributed by atoms with E-state index in [0.717, 1.165) is 11.1 Å². The largest absolute Gasteiger partial charge is 0.292 e. The van der Waals surface area contributed by atoms with E-state index in [0.29, 0.717) is 5.56 Å². The van der Waals surface area contributed by atoms with Crippen LogP contribution in [-0.2, 0) is 0 Å². The number of aryl methyl sites for hydroxylation is 2. The van der Waals surface area contributed by atoms with Crippen LogP contribution in [0, 0.1) is 25.2 Å². The van der Waals surface area contributed by atoms with Gasteiger partial charge in [-0.3, -0.25) is 4.79 Å². The number of nitrogens with zero attached hydrogens (tertiary/aromatic N) is 1. The van der Waals surface area contributed by atoms with Gasteiger partial charge in [0, 0.05) is 0 Å². The number of carbonyl (C=O) groups is 1. The first kappa shape index (κ1) is 15.6. The molecule has 1 unspecified atom stereocenters. The Morgan fingerprint density at radius 2 is 1.71 bits per heavy atom. The number of carbonyl (C=O) groups excluding carboxylic acids is 1. The maximum absolute atomic E-state index is 12.6. The number of hydrogen-bond acceptors (Lipinski definition) is 2. The molecular weight excluding hydrogens is 305 g/mol. The van der Waals surface area contributed by atoms with Crippen molar-refractivity contribution in [3.8, 4) is 6.07 Å². The van der Waals surface area contributed by atoms with Gasteiger partial charge in [-0.2, -0.15) is 5.26 Å². The normalized spacial score (nSPS) is 11.8. The zero-order chi connectivity index (χ0) is 15.6. The van der Waals surface area contributed by atoms with E-state index in [2.05, 4.69) is 6.07 Å². The van der Waals surface area contributed by atoms with Crippen LogP contribution in [0.3, 0.4) is 0 Å². The van der Waals surface area contributed by atoms with Gasteiger partial charge in [0.2, 0.25) is 0 Å². The van der Waals surface area contributed by atoms with E-state index < -0.39 is 5.92 Å². The van der Waals surface area contributed by atoms with Crippen LogP contribution in [0.1, 0.15) is 33.0 Å². The summed E-state index contributed by atoms with van der Waals surface area (Å²) in [6, 6.07) is 12.4. The van der Waals surface area contributed by atoms with E-state index in [9.17, 15) is 10.1 Å². The van der Waals surface area contributed by atoms with Gasteiger partial charge >= 0.3 is 0 Å². The molecule has 2 rings (SSSR count). The molecule has 4 heteroatoms. The molecule has 0 saturated carbocycles. The number of ketones is 1. The summed E-state index contributed by atoms with van der Waals surface area (Å²) < 4.78 is 0. The van der Waals surface area contributed by atoms with Crippen LogP contribution in [-0.4, -0.2) is 5.78 Å². The quantitative estimate of drug-likeness (QED) is 0.739. The molecule has 2 aromatic carbocycles. The average Bonchev–Trinajstić information content (AvgIpc) is 2.43. The third kappa shape index (κ3) is 3.10. The molecule has 0 aliphatic heterocycles. The molecule has 1 atom stereocenters. The lowest BCUT2D eigenvalue weighted by Crippen LogP contribution is -2.12. The highest BCUT2D eigenvalue weighted by atomic mass is 35.5. The first-order chi connectivity index (χ1) is 9.95. The summed E-state index contributed by atoms with van der Waals surface area (Å²) in [5.41, 5.74) is 3.00. The Morgan fingerprint density at radius 3 is 2.24 bits per heavy atom. The van der Waals surface area contributed by atoms with Crippen molar-refractivity contribution in [3.05, 3.63) is 68.7 Å². The van der Waals surface area contributed by atoms with Crippen molar-refractivity contribution in [2.75, 3.05) is 0 Å². The predicted octanol–water partition coefficient (Wildman–Crippen LogP) is 5.10. The summed E-state index contributed by atoms with van der Waals surface area (Å²) in [6.45, 7) is 3.92. The molecule has 106 valence electrons. The lowest BCUT2D eigenvalue weighted by Gasteiger charge is -2.12. The van der Waals surface area contributed by atoms with Gasteiger partial charge in [0.05, 0.1) is 21.7 Å². The Balaban J connectivity index is 2.49. The molecule has 2 aromatic rings. The van der Waals surface area contributed by atoms with Gasteiger partial charge in [0.1, 0.15) is 5.92 Å². The maximum Gasteiger partial charge on any atom is 0.187 e. The third-order valence-electron chi connectivity index (χ3n) is 3.46. The lowest BCUT2D eigenvalue weighted by molar-refractivity contribution is 0.0979. The second kappa shape index (κ2) is 6.30. The van der Waals surface area contributed by atoms with Gasteiger partial charge in [-0.05, 0) is 42.7 Å². The predicted molar refractivity (Wildman–Crippen MR) is 85.1 cm³/mol. The van der Waals surface area contributed by atoms with Crippen molar-refractivity contribution in [2.45, 2.75) is 19.8 Å². The van der Waals surface area contributed by atoms with E-state index in [4.69, 9.17) is 23.2 Å². The van der Waals surface area contributed by atoms with Crippen molar-refractivity contribution in [2.24, 2.45) is 0 Å². The smallest absolute Gasteiger partial charge is 0.187 e. The van der Waals surface area contributed by atoms with Crippen molar-refractivity contribution in [3.63, 3.8) is 0 Å². The Labute approximate surface area is 133 Å². The topological polar surface area (TPSA) is 40.9 Å². The van der Waals surface area contributed by atoms with Crippen LogP contribution >= 0.6 is 23.2 Å². The summed E-state index contributed by atoms with van der Waals surface area (Å²) in [5.74, 6) is -1.29. The Bertz CT molecular complexity index is 727. The van der Waals surface area contributed by atoms with Crippen LogP contribution in [0.4, 0.5) is 0 Å². The molecule has 0 radical (unpaired) electrons. The molecule has 0 amide bonds. The lowest BCUT2D eigenvalue weighted by atomic mass is 9.90. The molecule has 0 aromatic heterocycles. The molecule has 0 saturated heterocycles. The zero-order valence-corrected chi connectivity index (χ0v) is 13.2. The summed E-state index contributed by atoms with van der Waals surface area (Å²) in [5, 5.41) is 9.92. The number of halogens is 2. The second-order valence-electron chi connectivity index (χ2n) is 4.87. The van der Waals surface area contributed by atoms with Gasteiger partial charge in [0.25, 0.3) is 0 Å². The standard InChI is InChI=1S/C17H13Cl2NO/c1-10-6-7-12(8-11(10)2)13(9-20)17(21)16-14(18)4-3-5-15(16)19/h3-8,13H,1-2H3. The number of benzene rings is 2. The fourth-order valence-corrected chi connectivity index (χ4v) is 2.69. The van der Waals surface area contributed by atoms with Crippen LogP contribution in [0.5, 0.6) is 0 Å². The van der Waals surface area contributed by atoms with E-state index in [-0.39, 0.29) is 21.4 Å². The van der Waals surface area contributed by atoms with E-state index >= 15 is 0 Å². The molecule has 0 aliphatic carbocycles. The summed E-state index contributed by atoms with van der Waals surface area (Å²) in [4.78, 5) is 12.6. The van der Waals surface area contributed by atoms with Gasteiger partial charge in [-0.25, -0.2) is 0 Å². The van der Waals surface area contributed by atoms with Gasteiger partial charge in [0.15, 0.2) is 5.78 Å². The highest BCUT2D eigenvalue weighted by Crippen LogP contribution is 2.30. The van der Waals surface area contributed by atoms with E-state index in [1.807, 2.05) is 26.0 Å². The Kier molecular flexibility index (Phi) is 4.67. The highest BCUT2D eigenvalue weighted by Gasteiger charge is 2.25. The van der Waals surface area contributed by atoms with Gasteiger partial charge in [-0.1, -0.05) is 47.5 Å².